The Labute approximate surface area is 132 Å². The van der Waals surface area contributed by atoms with Gasteiger partial charge in [0.05, 0.1) is 12.2 Å². The number of esters is 2. The second-order valence-corrected chi connectivity index (χ2v) is 7.61. The Balaban J connectivity index is 4.21. The predicted molar refractivity (Wildman–Crippen MR) is 81.8 cm³/mol. The fourth-order valence-corrected chi connectivity index (χ4v) is 3.10. The molecule has 0 heterocycles. The molecule has 0 aliphatic carbocycles. The highest BCUT2D eigenvalue weighted by molar-refractivity contribution is 6.60. The third-order valence-electron chi connectivity index (χ3n) is 2.81. The molecule has 8 heteroatoms. The van der Waals surface area contributed by atoms with Crippen molar-refractivity contribution in [1.82, 2.24) is 0 Å². The fourth-order valence-electron chi connectivity index (χ4n) is 1.41. The summed E-state index contributed by atoms with van der Waals surface area (Å²) in [7, 11) is 1.92. The van der Waals surface area contributed by atoms with E-state index in [0.29, 0.717) is 12.5 Å². The zero-order valence-electron chi connectivity index (χ0n) is 13.8. The fraction of sp³-hybridized carbons (Fsp3) is 0.571. The summed E-state index contributed by atoms with van der Waals surface area (Å²) in [4.78, 5) is 22.9. The summed E-state index contributed by atoms with van der Waals surface area (Å²) in [6.45, 7) is 6.63. The van der Waals surface area contributed by atoms with E-state index < -0.39 is 20.7 Å². The van der Waals surface area contributed by atoms with E-state index in [1.807, 2.05) is 0 Å². The summed E-state index contributed by atoms with van der Waals surface area (Å²) in [6.07, 6.45) is 1.59. The van der Waals surface area contributed by atoms with E-state index in [-0.39, 0.29) is 17.8 Å². The van der Waals surface area contributed by atoms with Gasteiger partial charge in [-0.1, -0.05) is 6.58 Å². The van der Waals surface area contributed by atoms with Crippen LogP contribution in [0.25, 0.3) is 0 Å². The van der Waals surface area contributed by atoms with Crippen LogP contribution in [0.5, 0.6) is 0 Å². The first-order valence-electron chi connectivity index (χ1n) is 6.67. The molecule has 0 aromatic heterocycles. The van der Waals surface area contributed by atoms with Crippen LogP contribution in [-0.4, -0.2) is 48.7 Å². The Kier molecular flexibility index (Phi) is 9.58. The van der Waals surface area contributed by atoms with Crippen LogP contribution in [0.15, 0.2) is 24.0 Å². The molecule has 0 saturated carbocycles. The molecule has 22 heavy (non-hydrogen) atoms. The number of rotatable bonds is 10. The van der Waals surface area contributed by atoms with Crippen LogP contribution in [0, 0.1) is 0 Å². The lowest BCUT2D eigenvalue weighted by Gasteiger charge is -2.24. The third-order valence-corrected chi connectivity index (χ3v) is 5.64. The van der Waals surface area contributed by atoms with E-state index in [4.69, 9.17) is 22.8 Å². The highest BCUT2D eigenvalue weighted by Crippen LogP contribution is 2.15. The number of ether oxygens (including phenoxy) is 2. The van der Waals surface area contributed by atoms with Gasteiger partial charge in [0.25, 0.3) is 0 Å². The zero-order valence-corrected chi connectivity index (χ0v) is 14.8. The lowest BCUT2D eigenvalue weighted by Crippen LogP contribution is -2.42. The largest absolute Gasteiger partial charge is 0.500 e. The summed E-state index contributed by atoms with van der Waals surface area (Å²) in [5.74, 6) is -1.16. The van der Waals surface area contributed by atoms with Gasteiger partial charge in [-0.15, -0.1) is 0 Å². The minimum atomic E-state index is -2.64. The van der Waals surface area contributed by atoms with Gasteiger partial charge in [0.1, 0.15) is 6.26 Å². The molecule has 0 saturated heterocycles. The lowest BCUT2D eigenvalue weighted by molar-refractivity contribution is -0.139. The van der Waals surface area contributed by atoms with Crippen molar-refractivity contribution in [2.45, 2.75) is 26.3 Å². The summed E-state index contributed by atoms with van der Waals surface area (Å²) in [5.41, 5.74) is 0.431. The molecule has 0 unspecified atom stereocenters. The van der Waals surface area contributed by atoms with Crippen LogP contribution >= 0.6 is 0 Å². The van der Waals surface area contributed by atoms with E-state index in [9.17, 15) is 9.59 Å². The molecule has 0 rings (SSSR count). The van der Waals surface area contributed by atoms with Crippen LogP contribution in [0.2, 0.25) is 6.04 Å². The molecule has 0 bridgehead atoms. The molecular formula is C14H24O7Si. The Bertz CT molecular complexity index is 419. The first-order valence-corrected chi connectivity index (χ1v) is 8.61. The summed E-state index contributed by atoms with van der Waals surface area (Å²) >= 11 is 0. The van der Waals surface area contributed by atoms with E-state index in [1.54, 1.807) is 0 Å². The molecule has 0 aliphatic rings. The summed E-state index contributed by atoms with van der Waals surface area (Å²) in [5, 5.41) is 0. The van der Waals surface area contributed by atoms with Crippen molar-refractivity contribution < 1.29 is 32.3 Å². The molecule has 0 fully saturated rings. The maximum absolute atomic E-state index is 11.7. The molecule has 0 spiro atoms. The van der Waals surface area contributed by atoms with Gasteiger partial charge in [0.2, 0.25) is 0 Å². The Morgan fingerprint density at radius 2 is 1.59 bits per heavy atom. The second kappa shape index (κ2) is 10.3. The molecule has 0 radical (unpaired) electrons. The number of hydrogen-bond donors (Lipinski definition) is 0. The Hall–Kier alpha value is -1.48. The summed E-state index contributed by atoms with van der Waals surface area (Å²) in [6, 6.07) is 0.525. The van der Waals surface area contributed by atoms with Gasteiger partial charge in [-0.3, -0.25) is 0 Å². The van der Waals surface area contributed by atoms with E-state index in [0.717, 1.165) is 6.26 Å². The number of carbonyl (C=O) groups is 2. The molecule has 126 valence electrons. The van der Waals surface area contributed by atoms with Crippen molar-refractivity contribution in [1.29, 1.82) is 0 Å². The van der Waals surface area contributed by atoms with E-state index in [1.165, 1.54) is 35.2 Å². The maximum Gasteiger partial charge on any atom is 0.500 e. The van der Waals surface area contributed by atoms with Gasteiger partial charge in [0, 0.05) is 32.9 Å². The van der Waals surface area contributed by atoms with Crippen molar-refractivity contribution in [3.63, 3.8) is 0 Å². The Morgan fingerprint density at radius 3 is 2.05 bits per heavy atom. The van der Waals surface area contributed by atoms with Crippen molar-refractivity contribution in [3.8, 4) is 0 Å². The minimum Gasteiger partial charge on any atom is -0.462 e. The molecule has 7 nitrogen and oxygen atoms in total. The molecular weight excluding hydrogens is 308 g/mol. The van der Waals surface area contributed by atoms with Gasteiger partial charge in [-0.2, -0.15) is 0 Å². The van der Waals surface area contributed by atoms with E-state index in [2.05, 4.69) is 6.58 Å². The topological polar surface area (TPSA) is 80.3 Å². The highest BCUT2D eigenvalue weighted by atomic mass is 28.4. The normalized spacial score (nSPS) is 12.0. The molecule has 0 amide bonds. The minimum absolute atomic E-state index is 0.184. The smallest absolute Gasteiger partial charge is 0.462 e. The first kappa shape index (κ1) is 20.5. The van der Waals surface area contributed by atoms with Crippen LogP contribution in [0.3, 0.4) is 0 Å². The average molecular weight is 332 g/mol. The van der Waals surface area contributed by atoms with Gasteiger partial charge < -0.3 is 22.8 Å². The second-order valence-electron chi connectivity index (χ2n) is 4.52. The monoisotopic (exact) mass is 332 g/mol. The SMILES string of the molecule is C=C(C)C(=O)OC=C(C)C(=O)OCCC[Si](OC)(OC)OC. The standard InChI is InChI=1S/C14H24O7Si/c1-11(2)13(15)21-10-12(3)14(16)20-8-7-9-22(17-4,18-5)19-6/h10H,1,7-9H2,2-6H3. The summed E-state index contributed by atoms with van der Waals surface area (Å²) < 4.78 is 25.6. The van der Waals surface area contributed by atoms with Gasteiger partial charge in [-0.05, 0) is 20.3 Å². The van der Waals surface area contributed by atoms with Crippen molar-refractivity contribution in [3.05, 3.63) is 24.0 Å². The van der Waals surface area contributed by atoms with Crippen LogP contribution in [0.4, 0.5) is 0 Å². The van der Waals surface area contributed by atoms with E-state index >= 15 is 0 Å². The first-order chi connectivity index (χ1) is 10.3. The van der Waals surface area contributed by atoms with Gasteiger partial charge >= 0.3 is 20.7 Å². The number of carbonyl (C=O) groups excluding carboxylic acids is 2. The van der Waals surface area contributed by atoms with Crippen molar-refractivity contribution in [2.24, 2.45) is 0 Å². The van der Waals surface area contributed by atoms with Gasteiger partial charge in [-0.25, -0.2) is 9.59 Å². The quantitative estimate of drug-likeness (QED) is 0.198. The predicted octanol–water partition coefficient (Wildman–Crippen LogP) is 1.82. The van der Waals surface area contributed by atoms with Crippen LogP contribution in [0.1, 0.15) is 20.3 Å². The van der Waals surface area contributed by atoms with Crippen molar-refractivity contribution >= 4 is 20.7 Å². The molecule has 0 aromatic rings. The lowest BCUT2D eigenvalue weighted by atomic mass is 10.3. The number of hydrogen-bond acceptors (Lipinski definition) is 7. The van der Waals surface area contributed by atoms with Crippen LogP contribution < -0.4 is 0 Å². The molecule has 0 aromatic carbocycles. The van der Waals surface area contributed by atoms with Crippen LogP contribution in [-0.2, 0) is 32.3 Å². The average Bonchev–Trinajstić information content (AvgIpc) is 2.52. The molecule has 0 aliphatic heterocycles. The van der Waals surface area contributed by atoms with Gasteiger partial charge in [0.15, 0.2) is 0 Å². The third kappa shape index (κ3) is 6.99. The zero-order chi connectivity index (χ0) is 17.2. The molecule has 0 atom stereocenters. The van der Waals surface area contributed by atoms with Crippen molar-refractivity contribution in [2.75, 3.05) is 27.9 Å². The maximum atomic E-state index is 11.7. The molecule has 0 N–H and O–H groups in total. The Morgan fingerprint density at radius 1 is 1.05 bits per heavy atom. The highest BCUT2D eigenvalue weighted by Gasteiger charge is 2.37.